The summed E-state index contributed by atoms with van der Waals surface area (Å²) in [6, 6.07) is 7.11. The molecule has 0 aliphatic carbocycles. The number of likely N-dealkylation sites (tertiary alicyclic amines) is 1. The number of benzene rings is 1. The van der Waals surface area contributed by atoms with Crippen LogP contribution in [-0.4, -0.2) is 52.8 Å². The maximum atomic E-state index is 13.2. The number of amides is 1. The van der Waals surface area contributed by atoms with Crippen molar-refractivity contribution in [1.82, 2.24) is 19.2 Å². The van der Waals surface area contributed by atoms with Gasteiger partial charge >= 0.3 is 0 Å². The first-order valence-corrected chi connectivity index (χ1v) is 12.0. The number of hydrogen-bond donors (Lipinski definition) is 1. The lowest BCUT2D eigenvalue weighted by Gasteiger charge is -2.35. The topological polar surface area (TPSA) is 103 Å². The number of aromatic amines is 1. The molecule has 0 spiro atoms. The zero-order valence-electron chi connectivity index (χ0n) is 17.2. The fourth-order valence-electron chi connectivity index (χ4n) is 4.20. The number of fused-ring (bicyclic) bond motifs is 1. The van der Waals surface area contributed by atoms with Crippen molar-refractivity contribution in [1.29, 1.82) is 0 Å². The summed E-state index contributed by atoms with van der Waals surface area (Å²) in [5.74, 6) is 0.354. The van der Waals surface area contributed by atoms with Crippen molar-refractivity contribution in [3.8, 4) is 0 Å². The van der Waals surface area contributed by atoms with Crippen LogP contribution in [0.3, 0.4) is 0 Å². The molecule has 160 valence electrons. The zero-order valence-corrected chi connectivity index (χ0v) is 18.0. The first kappa shape index (κ1) is 20.7. The molecule has 0 radical (unpaired) electrons. The van der Waals surface area contributed by atoms with E-state index in [2.05, 4.69) is 9.97 Å². The predicted octanol–water partition coefficient (Wildman–Crippen LogP) is 1.76. The highest BCUT2D eigenvalue weighted by atomic mass is 32.2. The van der Waals surface area contributed by atoms with Crippen molar-refractivity contribution in [2.75, 3.05) is 19.3 Å². The Morgan fingerprint density at radius 3 is 2.60 bits per heavy atom. The average Bonchev–Trinajstić information content (AvgIpc) is 2.72. The van der Waals surface area contributed by atoms with Crippen LogP contribution in [-0.2, 0) is 23.0 Å². The molecule has 1 aromatic carbocycles. The molecule has 30 heavy (non-hydrogen) atoms. The number of carbonyl (C=O) groups excluding carboxylic acids is 1. The van der Waals surface area contributed by atoms with Crippen molar-refractivity contribution in [2.24, 2.45) is 0 Å². The van der Waals surface area contributed by atoms with Crippen molar-refractivity contribution in [3.05, 3.63) is 62.8 Å². The summed E-state index contributed by atoms with van der Waals surface area (Å²) in [5.41, 5.74) is 2.47. The molecule has 0 saturated carbocycles. The van der Waals surface area contributed by atoms with E-state index in [0.717, 1.165) is 24.7 Å². The van der Waals surface area contributed by atoms with Crippen LogP contribution < -0.4 is 5.56 Å². The quantitative estimate of drug-likeness (QED) is 0.799. The molecule has 1 atom stereocenters. The molecule has 1 saturated heterocycles. The van der Waals surface area contributed by atoms with E-state index in [-0.39, 0.29) is 30.6 Å². The van der Waals surface area contributed by atoms with Gasteiger partial charge in [-0.25, -0.2) is 13.4 Å². The van der Waals surface area contributed by atoms with Crippen molar-refractivity contribution in [2.45, 2.75) is 45.2 Å². The molecule has 4 rings (SSSR count). The number of aryl methyl sites for hydroxylation is 1. The van der Waals surface area contributed by atoms with Crippen LogP contribution >= 0.6 is 0 Å². The third kappa shape index (κ3) is 4.04. The maximum absolute atomic E-state index is 13.2. The number of piperidine rings is 1. The van der Waals surface area contributed by atoms with E-state index >= 15 is 0 Å². The molecule has 2 aromatic rings. The van der Waals surface area contributed by atoms with E-state index < -0.39 is 10.0 Å². The fraction of sp³-hybridized carbons (Fsp3) is 0.476. The molecule has 2 aliphatic heterocycles. The lowest BCUT2D eigenvalue weighted by Crippen LogP contribution is -2.42. The first-order chi connectivity index (χ1) is 14.2. The summed E-state index contributed by atoms with van der Waals surface area (Å²) >= 11 is 0. The summed E-state index contributed by atoms with van der Waals surface area (Å²) in [5, 5.41) is 0. The monoisotopic (exact) mass is 430 g/mol. The summed E-state index contributed by atoms with van der Waals surface area (Å²) < 4.78 is 25.2. The molecule has 9 heteroatoms. The number of rotatable bonds is 3. The van der Waals surface area contributed by atoms with Gasteiger partial charge in [-0.05, 0) is 44.7 Å². The van der Waals surface area contributed by atoms with Gasteiger partial charge in [0, 0.05) is 24.2 Å². The second kappa shape index (κ2) is 7.96. The highest BCUT2D eigenvalue weighted by Crippen LogP contribution is 2.31. The third-order valence-corrected chi connectivity index (χ3v) is 7.15. The number of sulfonamides is 1. The van der Waals surface area contributed by atoms with Crippen LogP contribution in [0.2, 0.25) is 0 Å². The highest BCUT2D eigenvalue weighted by molar-refractivity contribution is 7.88. The van der Waals surface area contributed by atoms with Crippen molar-refractivity contribution < 1.29 is 13.2 Å². The number of nitrogens with one attached hydrogen (secondary N) is 1. The van der Waals surface area contributed by atoms with Gasteiger partial charge < -0.3 is 9.88 Å². The van der Waals surface area contributed by atoms with Crippen molar-refractivity contribution >= 4 is 15.9 Å². The van der Waals surface area contributed by atoms with Gasteiger partial charge in [-0.2, -0.15) is 4.31 Å². The molecule has 1 N–H and O–H groups in total. The Balaban J connectivity index is 1.68. The molecule has 1 fully saturated rings. The second-order valence-electron chi connectivity index (χ2n) is 8.10. The Bertz CT molecular complexity index is 1120. The summed E-state index contributed by atoms with van der Waals surface area (Å²) in [7, 11) is -3.37. The van der Waals surface area contributed by atoms with Crippen LogP contribution in [0.25, 0.3) is 0 Å². The number of aromatic nitrogens is 2. The number of H-pyrrole nitrogens is 1. The van der Waals surface area contributed by atoms with E-state index in [0.29, 0.717) is 42.0 Å². The Morgan fingerprint density at radius 1 is 1.17 bits per heavy atom. The smallest absolute Gasteiger partial charge is 0.254 e. The molecule has 2 aliphatic rings. The van der Waals surface area contributed by atoms with Crippen molar-refractivity contribution in [3.63, 3.8) is 0 Å². The molecule has 0 bridgehead atoms. The minimum Gasteiger partial charge on any atom is -0.328 e. The predicted molar refractivity (Wildman–Crippen MR) is 113 cm³/mol. The van der Waals surface area contributed by atoms with Crippen LogP contribution in [0.4, 0.5) is 0 Å². The van der Waals surface area contributed by atoms with Crippen LogP contribution in [0, 0.1) is 6.92 Å². The SMILES string of the molecule is Cc1ccc(C(=O)N2CCCC[C@H]2c2nc3c(c(=O)[nH]2)CCN(S(C)(=O)=O)C3)cc1. The van der Waals surface area contributed by atoms with E-state index in [1.807, 2.05) is 31.2 Å². The zero-order chi connectivity index (χ0) is 21.5. The van der Waals surface area contributed by atoms with Crippen LogP contribution in [0.5, 0.6) is 0 Å². The lowest BCUT2D eigenvalue weighted by molar-refractivity contribution is 0.0599. The molecule has 1 amide bonds. The van der Waals surface area contributed by atoms with Crippen LogP contribution in [0.15, 0.2) is 29.1 Å². The van der Waals surface area contributed by atoms with E-state index in [4.69, 9.17) is 0 Å². The molecule has 0 unspecified atom stereocenters. The third-order valence-electron chi connectivity index (χ3n) is 5.90. The Kier molecular flexibility index (Phi) is 5.50. The van der Waals surface area contributed by atoms with Gasteiger partial charge in [0.1, 0.15) is 5.82 Å². The molecule has 3 heterocycles. The fourth-order valence-corrected chi connectivity index (χ4v) is 4.98. The molecule has 8 nitrogen and oxygen atoms in total. The Hall–Kier alpha value is -2.52. The van der Waals surface area contributed by atoms with Gasteiger partial charge in [-0.1, -0.05) is 17.7 Å². The average molecular weight is 431 g/mol. The minimum atomic E-state index is -3.37. The van der Waals surface area contributed by atoms with Gasteiger partial charge in [0.2, 0.25) is 10.0 Å². The largest absolute Gasteiger partial charge is 0.328 e. The number of carbonyl (C=O) groups is 1. The van der Waals surface area contributed by atoms with E-state index in [1.165, 1.54) is 4.31 Å². The van der Waals surface area contributed by atoms with Gasteiger partial charge in [-0.3, -0.25) is 9.59 Å². The summed E-state index contributed by atoms with van der Waals surface area (Å²) in [6.07, 6.45) is 4.02. The first-order valence-electron chi connectivity index (χ1n) is 10.2. The number of nitrogens with zero attached hydrogens (tertiary/aromatic N) is 3. The van der Waals surface area contributed by atoms with Crippen LogP contribution in [0.1, 0.15) is 58.3 Å². The molecule has 1 aromatic heterocycles. The summed E-state index contributed by atoms with van der Waals surface area (Å²) in [4.78, 5) is 35.2. The molecular weight excluding hydrogens is 404 g/mol. The summed E-state index contributed by atoms with van der Waals surface area (Å²) in [6.45, 7) is 2.92. The van der Waals surface area contributed by atoms with Gasteiger partial charge in [-0.15, -0.1) is 0 Å². The van der Waals surface area contributed by atoms with Gasteiger partial charge in [0.25, 0.3) is 11.5 Å². The lowest BCUT2D eigenvalue weighted by atomic mass is 9.99. The second-order valence-corrected chi connectivity index (χ2v) is 10.1. The van der Waals surface area contributed by atoms with E-state index in [1.54, 1.807) is 4.90 Å². The standard InChI is InChI=1S/C21H26N4O4S/c1-14-6-8-15(9-7-14)21(27)25-11-4-3-5-18(25)19-22-17-13-24(30(2,28)29)12-10-16(17)20(26)23-19/h6-9,18H,3-5,10-13H2,1-2H3,(H,22,23,26)/t18-/m0/s1. The minimum absolute atomic E-state index is 0.0853. The van der Waals surface area contributed by atoms with Gasteiger partial charge in [0.15, 0.2) is 0 Å². The maximum Gasteiger partial charge on any atom is 0.254 e. The highest BCUT2D eigenvalue weighted by Gasteiger charge is 2.33. The number of hydrogen-bond acceptors (Lipinski definition) is 5. The Labute approximate surface area is 176 Å². The Morgan fingerprint density at radius 2 is 1.90 bits per heavy atom. The van der Waals surface area contributed by atoms with Gasteiger partial charge in [0.05, 0.1) is 24.5 Å². The molecular formula is C21H26N4O4S. The normalized spacial score (nSPS) is 20.1. The van der Waals surface area contributed by atoms with E-state index in [9.17, 15) is 18.0 Å².